The van der Waals surface area contributed by atoms with Crippen LogP contribution in [0.1, 0.15) is 43.0 Å². The van der Waals surface area contributed by atoms with Gasteiger partial charge in [0.05, 0.1) is 23.5 Å². The molecule has 0 saturated carbocycles. The molecule has 0 N–H and O–H groups in total. The lowest BCUT2D eigenvalue weighted by atomic mass is 9.65. The van der Waals surface area contributed by atoms with Crippen molar-refractivity contribution in [3.05, 3.63) is 35.5 Å². The molecule has 2 heterocycles. The lowest BCUT2D eigenvalue weighted by Crippen LogP contribution is -2.51. The summed E-state index contributed by atoms with van der Waals surface area (Å²) < 4.78 is 7.92. The van der Waals surface area contributed by atoms with E-state index in [0.29, 0.717) is 10.3 Å². The molecule has 1 aromatic heterocycles. The number of hydrogen-bond acceptors (Lipinski definition) is 3. The summed E-state index contributed by atoms with van der Waals surface area (Å²) >= 11 is 2.16. The van der Waals surface area contributed by atoms with Crippen LogP contribution in [0.25, 0.3) is 10.9 Å². The highest BCUT2D eigenvalue weighted by atomic mass is 127. The molecule has 2 bridgehead atoms. The van der Waals surface area contributed by atoms with Crippen molar-refractivity contribution in [2.75, 3.05) is 18.1 Å². The van der Waals surface area contributed by atoms with Gasteiger partial charge in [-0.25, -0.2) is 0 Å². The molecular formula is C21H25IN2O3. The molecule has 2 aliphatic rings. The SMILES string of the molecule is CC[C@@H]1CN(C(=O)CI)[C@H]2C[C@@H]1[C@H](C(=O)OC)c1c2n(C)c2ccccc12. The van der Waals surface area contributed by atoms with E-state index in [0.717, 1.165) is 41.5 Å². The Bertz CT molecular complexity index is 906. The quantitative estimate of drug-likeness (QED) is 0.382. The largest absolute Gasteiger partial charge is 0.469 e. The maximum absolute atomic E-state index is 12.9. The van der Waals surface area contributed by atoms with E-state index in [9.17, 15) is 9.59 Å². The number of aromatic nitrogens is 1. The standard InChI is InChI=1S/C21H25IN2O3/c1-4-12-11-24(17(25)10-22)16-9-14(12)19(21(26)27-3)18-13-7-5-6-8-15(13)23(2)20(16)18/h5-8,12,14,16,19H,4,9-11H2,1-3H3/t12-,14+,16+,19+/m1/s1. The number of carbonyl (C=O) groups excluding carboxylic acids is 2. The molecule has 144 valence electrons. The summed E-state index contributed by atoms with van der Waals surface area (Å²) in [6.45, 7) is 2.88. The molecule has 0 spiro atoms. The van der Waals surface area contributed by atoms with Crippen molar-refractivity contribution in [2.45, 2.75) is 31.7 Å². The average molecular weight is 480 g/mol. The Labute approximate surface area is 173 Å². The molecule has 1 aliphatic carbocycles. The van der Waals surface area contributed by atoms with Gasteiger partial charge in [0, 0.05) is 30.2 Å². The van der Waals surface area contributed by atoms with E-state index < -0.39 is 0 Å². The fraction of sp³-hybridized carbons (Fsp3) is 0.524. The van der Waals surface area contributed by atoms with Crippen molar-refractivity contribution in [1.82, 2.24) is 9.47 Å². The van der Waals surface area contributed by atoms with Gasteiger partial charge >= 0.3 is 5.97 Å². The maximum Gasteiger partial charge on any atom is 0.313 e. The van der Waals surface area contributed by atoms with E-state index in [2.05, 4.69) is 58.2 Å². The summed E-state index contributed by atoms with van der Waals surface area (Å²) in [4.78, 5) is 27.7. The van der Waals surface area contributed by atoms with Crippen molar-refractivity contribution in [1.29, 1.82) is 0 Å². The number of methoxy groups -OCH3 is 1. The number of hydrogen-bond donors (Lipinski definition) is 0. The predicted octanol–water partition coefficient (Wildman–Crippen LogP) is 3.80. The number of esters is 1. The van der Waals surface area contributed by atoms with Gasteiger partial charge in [-0.15, -0.1) is 0 Å². The molecule has 1 saturated heterocycles. The van der Waals surface area contributed by atoms with Gasteiger partial charge in [0.1, 0.15) is 0 Å². The molecule has 0 radical (unpaired) electrons. The minimum atomic E-state index is -0.255. The molecular weight excluding hydrogens is 455 g/mol. The van der Waals surface area contributed by atoms with Crippen LogP contribution in [0.3, 0.4) is 0 Å². The number of aryl methyl sites for hydroxylation is 1. The Morgan fingerprint density at radius 2 is 2.04 bits per heavy atom. The molecule has 1 aromatic carbocycles. The van der Waals surface area contributed by atoms with Crippen LogP contribution in [-0.4, -0.2) is 39.4 Å². The highest BCUT2D eigenvalue weighted by Crippen LogP contribution is 2.54. The number of amides is 1. The van der Waals surface area contributed by atoms with E-state index in [1.807, 2.05) is 12.1 Å². The Hall–Kier alpha value is -1.57. The van der Waals surface area contributed by atoms with Crippen molar-refractivity contribution < 1.29 is 14.3 Å². The van der Waals surface area contributed by atoms with Crippen LogP contribution in [0.15, 0.2) is 24.3 Å². The lowest BCUT2D eigenvalue weighted by Gasteiger charge is -2.49. The Morgan fingerprint density at radius 3 is 2.70 bits per heavy atom. The van der Waals surface area contributed by atoms with Crippen molar-refractivity contribution >= 4 is 45.4 Å². The highest BCUT2D eigenvalue weighted by molar-refractivity contribution is 14.1. The van der Waals surface area contributed by atoms with Gasteiger partial charge < -0.3 is 14.2 Å². The first-order chi connectivity index (χ1) is 13.0. The number of piperidine rings is 1. The van der Waals surface area contributed by atoms with Crippen LogP contribution in [0, 0.1) is 11.8 Å². The molecule has 5 nitrogen and oxygen atoms in total. The smallest absolute Gasteiger partial charge is 0.313 e. The molecule has 1 fully saturated rings. The summed E-state index contributed by atoms with van der Waals surface area (Å²) in [6, 6.07) is 8.26. The Balaban J connectivity index is 2.00. The lowest BCUT2D eigenvalue weighted by molar-refractivity contribution is -0.147. The molecule has 4 atom stereocenters. The molecule has 1 aliphatic heterocycles. The number of likely N-dealkylation sites (tertiary alicyclic amines) is 1. The normalized spacial score (nSPS) is 26.7. The molecule has 1 amide bonds. The molecule has 0 unspecified atom stereocenters. The minimum Gasteiger partial charge on any atom is -0.469 e. The Morgan fingerprint density at radius 1 is 1.30 bits per heavy atom. The monoisotopic (exact) mass is 480 g/mol. The number of fused-ring (bicyclic) bond motifs is 6. The zero-order valence-electron chi connectivity index (χ0n) is 15.9. The summed E-state index contributed by atoms with van der Waals surface area (Å²) in [5.74, 6) is 0.302. The van der Waals surface area contributed by atoms with Crippen LogP contribution in [-0.2, 0) is 21.4 Å². The van der Waals surface area contributed by atoms with Gasteiger partial charge in [-0.1, -0.05) is 54.1 Å². The molecule has 4 rings (SSSR count). The van der Waals surface area contributed by atoms with Crippen LogP contribution in [0.2, 0.25) is 0 Å². The van der Waals surface area contributed by atoms with Gasteiger partial charge in [0.15, 0.2) is 0 Å². The van der Waals surface area contributed by atoms with E-state index in [4.69, 9.17) is 4.74 Å². The maximum atomic E-state index is 12.9. The van der Waals surface area contributed by atoms with Gasteiger partial charge in [0.25, 0.3) is 0 Å². The highest BCUT2D eigenvalue weighted by Gasteiger charge is 2.51. The number of halogens is 1. The first-order valence-electron chi connectivity index (χ1n) is 9.53. The van der Waals surface area contributed by atoms with Gasteiger partial charge in [0.2, 0.25) is 5.91 Å². The third-order valence-electron chi connectivity index (χ3n) is 6.57. The first-order valence-corrected chi connectivity index (χ1v) is 11.1. The summed E-state index contributed by atoms with van der Waals surface area (Å²) in [7, 11) is 3.53. The van der Waals surface area contributed by atoms with Crippen LogP contribution >= 0.6 is 22.6 Å². The first kappa shape index (κ1) is 18.8. The second-order valence-electron chi connectivity index (χ2n) is 7.64. The third kappa shape index (κ3) is 2.70. The minimum absolute atomic E-state index is 0.0355. The second-order valence-corrected chi connectivity index (χ2v) is 8.40. The Kier molecular flexibility index (Phi) is 4.94. The number of rotatable bonds is 3. The second kappa shape index (κ2) is 7.11. The fourth-order valence-electron chi connectivity index (χ4n) is 5.35. The molecule has 27 heavy (non-hydrogen) atoms. The van der Waals surface area contributed by atoms with E-state index in [1.165, 1.54) is 7.11 Å². The van der Waals surface area contributed by atoms with E-state index in [1.54, 1.807) is 0 Å². The fourth-order valence-corrected chi connectivity index (χ4v) is 5.79. The van der Waals surface area contributed by atoms with Crippen molar-refractivity contribution in [3.8, 4) is 0 Å². The van der Waals surface area contributed by atoms with Crippen molar-refractivity contribution in [3.63, 3.8) is 0 Å². The molecule has 6 heteroatoms. The molecule has 2 aromatic rings. The van der Waals surface area contributed by atoms with E-state index in [-0.39, 0.29) is 29.8 Å². The van der Waals surface area contributed by atoms with E-state index >= 15 is 0 Å². The van der Waals surface area contributed by atoms with Gasteiger partial charge in [-0.3, -0.25) is 9.59 Å². The van der Waals surface area contributed by atoms with Crippen LogP contribution in [0.4, 0.5) is 0 Å². The summed E-state index contributed by atoms with van der Waals surface area (Å²) in [6.07, 6.45) is 1.79. The number of alkyl halides is 1. The van der Waals surface area contributed by atoms with Crippen LogP contribution in [0.5, 0.6) is 0 Å². The predicted molar refractivity (Wildman–Crippen MR) is 113 cm³/mol. The number of nitrogens with zero attached hydrogens (tertiary/aromatic N) is 2. The number of benzene rings is 1. The number of para-hydroxylation sites is 1. The zero-order chi connectivity index (χ0) is 19.3. The van der Waals surface area contributed by atoms with Crippen LogP contribution < -0.4 is 0 Å². The van der Waals surface area contributed by atoms with Gasteiger partial charge in [-0.05, 0) is 29.9 Å². The number of carbonyl (C=O) groups is 2. The third-order valence-corrected chi connectivity index (χ3v) is 7.22. The zero-order valence-corrected chi connectivity index (χ0v) is 18.1. The number of ether oxygens (including phenoxy) is 1. The average Bonchev–Trinajstić information content (AvgIpc) is 3.00. The topological polar surface area (TPSA) is 51.5 Å². The van der Waals surface area contributed by atoms with Crippen molar-refractivity contribution in [2.24, 2.45) is 18.9 Å². The summed E-state index contributed by atoms with van der Waals surface area (Å²) in [5.41, 5.74) is 3.29. The van der Waals surface area contributed by atoms with Gasteiger partial charge in [-0.2, -0.15) is 0 Å². The summed E-state index contributed by atoms with van der Waals surface area (Å²) in [5, 5.41) is 1.11.